The highest BCUT2D eigenvalue weighted by Gasteiger charge is 2.14. The van der Waals surface area contributed by atoms with Crippen LogP contribution in [0.1, 0.15) is 22.5 Å². The standard InChI is InChI=1S/C11H11N3S/c1-6-7(2)14-8(3)10(6)11(15)9(4-12)5-13/h14-15H,1-3H3. The van der Waals surface area contributed by atoms with Crippen LogP contribution in [0.4, 0.5) is 0 Å². The molecular weight excluding hydrogens is 206 g/mol. The lowest BCUT2D eigenvalue weighted by Gasteiger charge is -2.01. The van der Waals surface area contributed by atoms with E-state index in [9.17, 15) is 0 Å². The molecule has 0 radical (unpaired) electrons. The quantitative estimate of drug-likeness (QED) is 0.561. The summed E-state index contributed by atoms with van der Waals surface area (Å²) in [6.45, 7) is 5.79. The molecular formula is C11H11N3S. The van der Waals surface area contributed by atoms with Crippen LogP contribution >= 0.6 is 12.6 Å². The second kappa shape index (κ2) is 4.25. The van der Waals surface area contributed by atoms with Gasteiger partial charge in [0.05, 0.1) is 0 Å². The largest absolute Gasteiger partial charge is 0.362 e. The summed E-state index contributed by atoms with van der Waals surface area (Å²) in [6, 6.07) is 3.68. The molecule has 0 bridgehead atoms. The normalized spacial score (nSPS) is 9.20. The van der Waals surface area contributed by atoms with E-state index in [1.54, 1.807) is 0 Å². The van der Waals surface area contributed by atoms with E-state index >= 15 is 0 Å². The monoisotopic (exact) mass is 217 g/mol. The Morgan fingerprint density at radius 1 is 1.13 bits per heavy atom. The number of allylic oxidation sites excluding steroid dienone is 1. The van der Waals surface area contributed by atoms with Crippen molar-refractivity contribution in [3.05, 3.63) is 28.1 Å². The number of hydrogen-bond acceptors (Lipinski definition) is 3. The Morgan fingerprint density at radius 3 is 2.00 bits per heavy atom. The van der Waals surface area contributed by atoms with E-state index in [-0.39, 0.29) is 5.57 Å². The van der Waals surface area contributed by atoms with Crippen LogP contribution < -0.4 is 0 Å². The molecule has 3 nitrogen and oxygen atoms in total. The molecule has 0 aliphatic heterocycles. The molecule has 1 rings (SSSR count). The minimum absolute atomic E-state index is 0.0449. The molecule has 0 unspecified atom stereocenters. The zero-order chi connectivity index (χ0) is 11.6. The van der Waals surface area contributed by atoms with E-state index < -0.39 is 0 Å². The van der Waals surface area contributed by atoms with Gasteiger partial charge in [-0.25, -0.2) is 0 Å². The molecule has 1 heterocycles. The summed E-state index contributed by atoms with van der Waals surface area (Å²) < 4.78 is 0. The third-order valence-corrected chi connectivity index (χ3v) is 2.83. The summed E-state index contributed by atoms with van der Waals surface area (Å²) in [4.78, 5) is 3.60. The number of hydrogen-bond donors (Lipinski definition) is 2. The zero-order valence-corrected chi connectivity index (χ0v) is 9.74. The lowest BCUT2D eigenvalue weighted by atomic mass is 10.1. The van der Waals surface area contributed by atoms with Crippen LogP contribution in [0.5, 0.6) is 0 Å². The summed E-state index contributed by atoms with van der Waals surface area (Å²) in [6.07, 6.45) is 0. The number of rotatable bonds is 1. The molecule has 0 amide bonds. The van der Waals surface area contributed by atoms with Gasteiger partial charge < -0.3 is 4.98 Å². The number of aromatic nitrogens is 1. The Labute approximate surface area is 94.4 Å². The number of aromatic amines is 1. The topological polar surface area (TPSA) is 63.4 Å². The highest BCUT2D eigenvalue weighted by molar-refractivity contribution is 7.90. The van der Waals surface area contributed by atoms with Crippen molar-refractivity contribution in [2.24, 2.45) is 0 Å². The van der Waals surface area contributed by atoms with E-state index in [4.69, 9.17) is 10.5 Å². The first-order valence-electron chi connectivity index (χ1n) is 4.42. The first kappa shape index (κ1) is 11.4. The van der Waals surface area contributed by atoms with Crippen LogP contribution in [-0.2, 0) is 0 Å². The maximum Gasteiger partial charge on any atom is 0.143 e. The Bertz CT molecular complexity index is 493. The van der Waals surface area contributed by atoms with Crippen LogP contribution in [0, 0.1) is 43.4 Å². The summed E-state index contributed by atoms with van der Waals surface area (Å²) in [5.74, 6) is 0. The fourth-order valence-corrected chi connectivity index (χ4v) is 1.95. The molecule has 0 saturated carbocycles. The first-order chi connectivity index (χ1) is 7.02. The fourth-order valence-electron chi connectivity index (χ4n) is 1.52. The number of nitriles is 2. The maximum absolute atomic E-state index is 8.76. The molecule has 0 aromatic carbocycles. The minimum atomic E-state index is 0.0449. The van der Waals surface area contributed by atoms with E-state index in [1.807, 2.05) is 32.9 Å². The van der Waals surface area contributed by atoms with Crippen LogP contribution in [0.15, 0.2) is 5.57 Å². The van der Waals surface area contributed by atoms with E-state index in [0.717, 1.165) is 22.5 Å². The molecule has 76 valence electrons. The number of thiol groups is 1. The van der Waals surface area contributed by atoms with Crippen molar-refractivity contribution in [2.45, 2.75) is 20.8 Å². The molecule has 0 spiro atoms. The summed E-state index contributed by atoms with van der Waals surface area (Å²) in [5.41, 5.74) is 3.89. The van der Waals surface area contributed by atoms with Gasteiger partial charge in [0.15, 0.2) is 0 Å². The molecule has 0 fully saturated rings. The number of H-pyrrole nitrogens is 1. The van der Waals surface area contributed by atoms with Gasteiger partial charge in [0.1, 0.15) is 17.7 Å². The van der Waals surface area contributed by atoms with Gasteiger partial charge in [0.25, 0.3) is 0 Å². The lowest BCUT2D eigenvalue weighted by Crippen LogP contribution is -1.86. The number of nitrogens with zero attached hydrogens (tertiary/aromatic N) is 2. The Balaban J connectivity index is 3.50. The lowest BCUT2D eigenvalue weighted by molar-refractivity contribution is 1.17. The molecule has 1 N–H and O–H groups in total. The fraction of sp³-hybridized carbons (Fsp3) is 0.273. The molecule has 0 saturated heterocycles. The minimum Gasteiger partial charge on any atom is -0.362 e. The van der Waals surface area contributed by atoms with Crippen molar-refractivity contribution in [3.63, 3.8) is 0 Å². The van der Waals surface area contributed by atoms with Crippen LogP contribution in [0.2, 0.25) is 0 Å². The molecule has 0 atom stereocenters. The van der Waals surface area contributed by atoms with Crippen molar-refractivity contribution in [1.82, 2.24) is 4.98 Å². The van der Waals surface area contributed by atoms with Gasteiger partial charge in [-0.3, -0.25) is 0 Å². The van der Waals surface area contributed by atoms with Crippen molar-refractivity contribution < 1.29 is 0 Å². The van der Waals surface area contributed by atoms with Crippen LogP contribution in [0.25, 0.3) is 4.91 Å². The van der Waals surface area contributed by atoms with E-state index in [0.29, 0.717) is 4.91 Å². The average Bonchev–Trinajstić information content (AvgIpc) is 2.43. The third-order valence-electron chi connectivity index (χ3n) is 2.38. The third kappa shape index (κ3) is 1.91. The second-order valence-electron chi connectivity index (χ2n) is 3.32. The molecule has 1 aromatic heterocycles. The van der Waals surface area contributed by atoms with E-state index in [2.05, 4.69) is 17.6 Å². The summed E-state index contributed by atoms with van der Waals surface area (Å²) in [7, 11) is 0. The maximum atomic E-state index is 8.76. The molecule has 4 heteroatoms. The number of nitrogens with one attached hydrogen (secondary N) is 1. The van der Waals surface area contributed by atoms with E-state index in [1.165, 1.54) is 0 Å². The summed E-state index contributed by atoms with van der Waals surface area (Å²) >= 11 is 4.24. The smallest absolute Gasteiger partial charge is 0.143 e. The van der Waals surface area contributed by atoms with Gasteiger partial charge in [-0.05, 0) is 26.3 Å². The highest BCUT2D eigenvalue weighted by Crippen LogP contribution is 2.29. The zero-order valence-electron chi connectivity index (χ0n) is 8.84. The van der Waals surface area contributed by atoms with Crippen molar-refractivity contribution in [1.29, 1.82) is 10.5 Å². The van der Waals surface area contributed by atoms with Crippen LogP contribution in [-0.4, -0.2) is 4.98 Å². The van der Waals surface area contributed by atoms with Gasteiger partial charge in [-0.15, -0.1) is 12.6 Å². The SMILES string of the molecule is Cc1[nH]c(C)c(C(S)=C(C#N)C#N)c1C. The Kier molecular flexibility index (Phi) is 3.24. The van der Waals surface area contributed by atoms with Crippen molar-refractivity contribution in [3.8, 4) is 12.1 Å². The van der Waals surface area contributed by atoms with Gasteiger partial charge in [-0.1, -0.05) is 0 Å². The summed E-state index contributed by atoms with van der Waals surface area (Å²) in [5, 5.41) is 17.5. The van der Waals surface area contributed by atoms with Gasteiger partial charge in [0.2, 0.25) is 0 Å². The molecule has 15 heavy (non-hydrogen) atoms. The first-order valence-corrected chi connectivity index (χ1v) is 4.87. The average molecular weight is 217 g/mol. The van der Waals surface area contributed by atoms with Gasteiger partial charge >= 0.3 is 0 Å². The Morgan fingerprint density at radius 2 is 1.67 bits per heavy atom. The van der Waals surface area contributed by atoms with Crippen LogP contribution in [0.3, 0.4) is 0 Å². The molecule has 0 aliphatic rings. The molecule has 0 aliphatic carbocycles. The molecule has 1 aromatic rings. The Hall–Kier alpha value is -1.65. The predicted molar refractivity (Wildman–Crippen MR) is 62.1 cm³/mol. The van der Waals surface area contributed by atoms with Crippen molar-refractivity contribution in [2.75, 3.05) is 0 Å². The van der Waals surface area contributed by atoms with Gasteiger partial charge in [0, 0.05) is 21.9 Å². The predicted octanol–water partition coefficient (Wildman–Crippen LogP) is 2.63. The van der Waals surface area contributed by atoms with Crippen molar-refractivity contribution >= 4 is 17.5 Å². The van der Waals surface area contributed by atoms with Gasteiger partial charge in [-0.2, -0.15) is 10.5 Å². The second-order valence-corrected chi connectivity index (χ2v) is 3.77. The highest BCUT2D eigenvalue weighted by atomic mass is 32.1. The number of aryl methyl sites for hydroxylation is 2.